The molecule has 0 aliphatic heterocycles. The fourth-order valence-electron chi connectivity index (χ4n) is 1.12. The van der Waals surface area contributed by atoms with Gasteiger partial charge in [-0.1, -0.05) is 19.0 Å². The number of oxime groups is 1. The molecule has 5 nitrogen and oxygen atoms in total. The summed E-state index contributed by atoms with van der Waals surface area (Å²) in [4.78, 5) is 0. The maximum atomic E-state index is 8.60. The highest BCUT2D eigenvalue weighted by Gasteiger charge is 2.23. The summed E-state index contributed by atoms with van der Waals surface area (Å²) in [5, 5.41) is 15.8. The Morgan fingerprint density at radius 1 is 1.73 bits per heavy atom. The topological polar surface area (TPSA) is 76.4 Å². The van der Waals surface area contributed by atoms with Crippen LogP contribution in [0.5, 0.6) is 0 Å². The van der Waals surface area contributed by atoms with E-state index in [1.54, 1.807) is 6.20 Å². The third-order valence-corrected chi connectivity index (χ3v) is 2.78. The van der Waals surface area contributed by atoms with Crippen molar-refractivity contribution in [2.75, 3.05) is 0 Å². The summed E-state index contributed by atoms with van der Waals surface area (Å²) in [5.41, 5.74) is 5.25. The first-order valence-corrected chi connectivity index (χ1v) is 5.41. The second-order valence-electron chi connectivity index (χ2n) is 4.04. The van der Waals surface area contributed by atoms with E-state index in [1.165, 1.54) is 0 Å². The number of hydrogen-bond donors (Lipinski definition) is 2. The van der Waals surface area contributed by atoms with E-state index in [-0.39, 0.29) is 11.3 Å². The van der Waals surface area contributed by atoms with Gasteiger partial charge in [0.1, 0.15) is 5.84 Å². The number of aromatic nitrogens is 2. The van der Waals surface area contributed by atoms with Crippen LogP contribution in [0.1, 0.15) is 20.3 Å². The molecule has 0 spiro atoms. The van der Waals surface area contributed by atoms with Crippen LogP contribution in [0.3, 0.4) is 0 Å². The minimum absolute atomic E-state index is 0.244. The summed E-state index contributed by atoms with van der Waals surface area (Å²) >= 11 is 3.32. The van der Waals surface area contributed by atoms with E-state index >= 15 is 0 Å². The van der Waals surface area contributed by atoms with Crippen molar-refractivity contribution in [2.45, 2.75) is 26.8 Å². The Labute approximate surface area is 97.1 Å². The molecule has 15 heavy (non-hydrogen) atoms. The lowest BCUT2D eigenvalue weighted by Crippen LogP contribution is -2.33. The van der Waals surface area contributed by atoms with Crippen LogP contribution in [-0.2, 0) is 6.54 Å². The maximum absolute atomic E-state index is 8.60. The second kappa shape index (κ2) is 4.65. The number of rotatable bonds is 4. The van der Waals surface area contributed by atoms with Crippen molar-refractivity contribution in [1.29, 1.82) is 0 Å². The van der Waals surface area contributed by atoms with Crippen LogP contribution in [-0.4, -0.2) is 20.8 Å². The largest absolute Gasteiger partial charge is 0.409 e. The molecule has 1 rings (SSSR count). The summed E-state index contributed by atoms with van der Waals surface area (Å²) in [6, 6.07) is 0. The molecular formula is C9H15BrN4O. The van der Waals surface area contributed by atoms with Gasteiger partial charge in [0.05, 0.1) is 10.7 Å². The molecular weight excluding hydrogens is 260 g/mol. The van der Waals surface area contributed by atoms with Gasteiger partial charge in [-0.05, 0) is 22.4 Å². The van der Waals surface area contributed by atoms with Gasteiger partial charge in [-0.25, -0.2) is 0 Å². The van der Waals surface area contributed by atoms with Gasteiger partial charge in [-0.15, -0.1) is 0 Å². The van der Waals surface area contributed by atoms with E-state index < -0.39 is 0 Å². The lowest BCUT2D eigenvalue weighted by atomic mass is 9.88. The number of aryl methyl sites for hydroxylation is 1. The lowest BCUT2D eigenvalue weighted by Gasteiger charge is -2.22. The van der Waals surface area contributed by atoms with Crippen molar-refractivity contribution in [3.63, 3.8) is 0 Å². The molecule has 0 amide bonds. The number of hydrogen-bond acceptors (Lipinski definition) is 3. The fourth-order valence-corrected chi connectivity index (χ4v) is 1.45. The Bertz CT molecular complexity index is 359. The summed E-state index contributed by atoms with van der Waals surface area (Å²) in [6.07, 6.45) is 4.38. The van der Waals surface area contributed by atoms with Gasteiger partial charge in [-0.3, -0.25) is 4.68 Å². The zero-order valence-electron chi connectivity index (χ0n) is 8.81. The molecule has 0 aliphatic rings. The fraction of sp³-hybridized carbons (Fsp3) is 0.556. The highest BCUT2D eigenvalue weighted by Crippen LogP contribution is 2.21. The molecule has 0 aromatic carbocycles. The van der Waals surface area contributed by atoms with Crippen LogP contribution in [0.25, 0.3) is 0 Å². The van der Waals surface area contributed by atoms with Crippen LogP contribution in [0.2, 0.25) is 0 Å². The van der Waals surface area contributed by atoms with Crippen molar-refractivity contribution in [3.05, 3.63) is 16.9 Å². The average molecular weight is 275 g/mol. The van der Waals surface area contributed by atoms with E-state index in [2.05, 4.69) is 26.2 Å². The van der Waals surface area contributed by atoms with Gasteiger partial charge >= 0.3 is 0 Å². The highest BCUT2D eigenvalue weighted by atomic mass is 79.9. The summed E-state index contributed by atoms with van der Waals surface area (Å²) in [7, 11) is 0. The molecule has 0 fully saturated rings. The van der Waals surface area contributed by atoms with Gasteiger partial charge in [-0.2, -0.15) is 5.10 Å². The first kappa shape index (κ1) is 12.0. The molecule has 0 unspecified atom stereocenters. The van der Waals surface area contributed by atoms with Gasteiger partial charge in [0, 0.05) is 18.2 Å². The quantitative estimate of drug-likeness (QED) is 0.381. The van der Waals surface area contributed by atoms with E-state index in [4.69, 9.17) is 10.9 Å². The summed E-state index contributed by atoms with van der Waals surface area (Å²) < 4.78 is 2.76. The van der Waals surface area contributed by atoms with E-state index in [1.807, 2.05) is 24.7 Å². The number of halogens is 1. The molecule has 0 bridgehead atoms. The van der Waals surface area contributed by atoms with E-state index in [9.17, 15) is 0 Å². The molecule has 3 N–H and O–H groups in total. The first-order chi connectivity index (χ1) is 6.95. The minimum Gasteiger partial charge on any atom is -0.409 e. The van der Waals surface area contributed by atoms with Crippen LogP contribution in [0.4, 0.5) is 0 Å². The Morgan fingerprint density at radius 2 is 2.40 bits per heavy atom. The van der Waals surface area contributed by atoms with Gasteiger partial charge in [0.25, 0.3) is 0 Å². The molecule has 1 aromatic heterocycles. The average Bonchev–Trinajstić information content (AvgIpc) is 2.60. The molecule has 1 aromatic rings. The second-order valence-corrected chi connectivity index (χ2v) is 4.96. The molecule has 6 heteroatoms. The van der Waals surface area contributed by atoms with Gasteiger partial charge in [0.15, 0.2) is 0 Å². The zero-order chi connectivity index (χ0) is 11.5. The number of nitrogens with two attached hydrogens (primary N) is 1. The number of amidine groups is 1. The predicted octanol–water partition coefficient (Wildman–Crippen LogP) is 1.81. The predicted molar refractivity (Wildman–Crippen MR) is 61.7 cm³/mol. The molecule has 0 aliphatic carbocycles. The SMILES string of the molecule is CC(C)(CCn1cc(Br)cn1)C(N)=NO. The molecule has 1 heterocycles. The smallest absolute Gasteiger partial charge is 0.144 e. The molecule has 0 saturated carbocycles. The Hall–Kier alpha value is -1.04. The zero-order valence-corrected chi connectivity index (χ0v) is 10.4. The number of nitrogens with zero attached hydrogens (tertiary/aromatic N) is 3. The van der Waals surface area contributed by atoms with E-state index in [0.717, 1.165) is 17.4 Å². The van der Waals surface area contributed by atoms with Crippen molar-refractivity contribution >= 4 is 21.8 Å². The van der Waals surface area contributed by atoms with Gasteiger partial charge in [0.2, 0.25) is 0 Å². The normalized spacial score (nSPS) is 13.1. The molecule has 84 valence electrons. The van der Waals surface area contributed by atoms with Crippen molar-refractivity contribution in [3.8, 4) is 0 Å². The molecule has 0 radical (unpaired) electrons. The summed E-state index contributed by atoms with van der Waals surface area (Å²) in [5.74, 6) is 0.244. The van der Waals surface area contributed by atoms with Crippen LogP contribution < -0.4 is 5.73 Å². The van der Waals surface area contributed by atoms with Crippen molar-refractivity contribution in [2.24, 2.45) is 16.3 Å². The third kappa shape index (κ3) is 3.23. The maximum Gasteiger partial charge on any atom is 0.144 e. The minimum atomic E-state index is -0.326. The Balaban J connectivity index is 2.57. The molecule has 0 atom stereocenters. The summed E-state index contributed by atoms with van der Waals surface area (Å²) in [6.45, 7) is 4.59. The van der Waals surface area contributed by atoms with Gasteiger partial charge < -0.3 is 10.9 Å². The van der Waals surface area contributed by atoms with Crippen molar-refractivity contribution < 1.29 is 5.21 Å². The third-order valence-electron chi connectivity index (χ3n) is 2.37. The monoisotopic (exact) mass is 274 g/mol. The van der Waals surface area contributed by atoms with Crippen LogP contribution >= 0.6 is 15.9 Å². The standard InChI is InChI=1S/C9H15BrN4O/c1-9(2,8(11)13-15)3-4-14-6-7(10)5-12-14/h5-6,15H,3-4H2,1-2H3,(H2,11,13). The Kier molecular flexibility index (Phi) is 3.73. The Morgan fingerprint density at radius 3 is 2.87 bits per heavy atom. The van der Waals surface area contributed by atoms with Crippen LogP contribution in [0.15, 0.2) is 22.0 Å². The van der Waals surface area contributed by atoms with Crippen molar-refractivity contribution in [1.82, 2.24) is 9.78 Å². The van der Waals surface area contributed by atoms with Crippen LogP contribution in [0, 0.1) is 5.41 Å². The first-order valence-electron chi connectivity index (χ1n) is 4.61. The lowest BCUT2D eigenvalue weighted by molar-refractivity contribution is 0.302. The molecule has 0 saturated heterocycles. The highest BCUT2D eigenvalue weighted by molar-refractivity contribution is 9.10. The van der Waals surface area contributed by atoms with E-state index in [0.29, 0.717) is 0 Å².